The fourth-order valence-corrected chi connectivity index (χ4v) is 1.74. The second kappa shape index (κ2) is 6.78. The molecule has 0 fully saturated rings. The predicted molar refractivity (Wildman–Crippen MR) is 67.3 cm³/mol. The summed E-state index contributed by atoms with van der Waals surface area (Å²) in [6, 6.07) is 1.11. The number of nitrogens with one attached hydrogen (secondary N) is 1. The molecule has 1 aromatic rings. The fourth-order valence-electron chi connectivity index (χ4n) is 1.27. The van der Waals surface area contributed by atoms with Gasteiger partial charge in [0.2, 0.25) is 0 Å². The third-order valence-electron chi connectivity index (χ3n) is 2.21. The van der Waals surface area contributed by atoms with Gasteiger partial charge in [-0.2, -0.15) is 11.8 Å². The molecule has 0 aliphatic carbocycles. The van der Waals surface area contributed by atoms with Crippen molar-refractivity contribution in [3.63, 3.8) is 0 Å². The molecule has 19 heavy (non-hydrogen) atoms. The Balaban J connectivity index is 2.70. The lowest BCUT2D eigenvalue weighted by Gasteiger charge is -2.12. The number of hydrogen-bond acceptors (Lipinski definition) is 6. The number of nitrogens with zero attached hydrogens (tertiary/aromatic N) is 1. The lowest BCUT2D eigenvalue weighted by atomic mass is 10.2. The van der Waals surface area contributed by atoms with Crippen molar-refractivity contribution < 1.29 is 24.0 Å². The summed E-state index contributed by atoms with van der Waals surface area (Å²) in [6.07, 6.45) is 2.07. The molecule has 0 spiro atoms. The van der Waals surface area contributed by atoms with Crippen molar-refractivity contribution in [1.82, 2.24) is 5.32 Å². The molecular formula is C10H12N2O6S. The minimum Gasteiger partial charge on any atom is -0.480 e. The number of nitro groups is 1. The zero-order valence-electron chi connectivity index (χ0n) is 9.99. The Morgan fingerprint density at radius 1 is 1.58 bits per heavy atom. The van der Waals surface area contributed by atoms with E-state index in [0.29, 0.717) is 5.75 Å². The van der Waals surface area contributed by atoms with Gasteiger partial charge >= 0.3 is 11.9 Å². The maximum atomic E-state index is 11.7. The maximum absolute atomic E-state index is 11.7. The van der Waals surface area contributed by atoms with E-state index in [0.717, 1.165) is 12.1 Å². The summed E-state index contributed by atoms with van der Waals surface area (Å²) in [6.45, 7) is 0. The molecule has 0 saturated heterocycles. The van der Waals surface area contributed by atoms with Gasteiger partial charge in [-0.1, -0.05) is 0 Å². The average Bonchev–Trinajstić information content (AvgIpc) is 2.83. The second-order valence-electron chi connectivity index (χ2n) is 3.54. The van der Waals surface area contributed by atoms with Crippen molar-refractivity contribution in [2.24, 2.45) is 0 Å². The van der Waals surface area contributed by atoms with Gasteiger partial charge in [0.25, 0.3) is 5.91 Å². The van der Waals surface area contributed by atoms with Gasteiger partial charge < -0.3 is 14.8 Å². The number of carbonyl (C=O) groups is 2. The maximum Gasteiger partial charge on any atom is 0.433 e. The summed E-state index contributed by atoms with van der Waals surface area (Å²) < 4.78 is 4.68. The highest BCUT2D eigenvalue weighted by atomic mass is 32.2. The van der Waals surface area contributed by atoms with Crippen molar-refractivity contribution in [2.75, 3.05) is 12.0 Å². The van der Waals surface area contributed by atoms with Crippen molar-refractivity contribution in [3.8, 4) is 0 Å². The monoisotopic (exact) mass is 288 g/mol. The molecule has 0 aliphatic heterocycles. The molecule has 9 heteroatoms. The summed E-state index contributed by atoms with van der Waals surface area (Å²) in [5.41, 5.74) is 0. The summed E-state index contributed by atoms with van der Waals surface area (Å²) in [7, 11) is 0. The number of furan rings is 1. The van der Waals surface area contributed by atoms with Crippen LogP contribution in [-0.2, 0) is 4.79 Å². The van der Waals surface area contributed by atoms with E-state index in [1.807, 2.05) is 6.26 Å². The molecule has 1 unspecified atom stereocenters. The van der Waals surface area contributed by atoms with Gasteiger partial charge in [-0.05, 0) is 24.5 Å². The molecule has 0 aromatic carbocycles. The lowest BCUT2D eigenvalue weighted by Crippen LogP contribution is -2.41. The zero-order chi connectivity index (χ0) is 14.4. The minimum atomic E-state index is -1.16. The van der Waals surface area contributed by atoms with Gasteiger partial charge in [-0.15, -0.1) is 0 Å². The van der Waals surface area contributed by atoms with E-state index in [4.69, 9.17) is 5.11 Å². The number of thioether (sulfide) groups is 1. The zero-order valence-corrected chi connectivity index (χ0v) is 10.8. The summed E-state index contributed by atoms with van der Waals surface area (Å²) >= 11 is 1.45. The van der Waals surface area contributed by atoms with Gasteiger partial charge in [-0.3, -0.25) is 14.9 Å². The summed E-state index contributed by atoms with van der Waals surface area (Å²) in [5, 5.41) is 21.6. The molecule has 2 N–H and O–H groups in total. The van der Waals surface area contributed by atoms with Gasteiger partial charge in [0, 0.05) is 0 Å². The third-order valence-corrected chi connectivity index (χ3v) is 2.85. The van der Waals surface area contributed by atoms with E-state index in [-0.39, 0.29) is 12.2 Å². The van der Waals surface area contributed by atoms with Crippen LogP contribution in [0.3, 0.4) is 0 Å². The topological polar surface area (TPSA) is 123 Å². The van der Waals surface area contributed by atoms with E-state index in [1.54, 1.807) is 0 Å². The number of rotatable bonds is 7. The van der Waals surface area contributed by atoms with Crippen LogP contribution < -0.4 is 5.32 Å². The average molecular weight is 288 g/mol. The van der Waals surface area contributed by atoms with Crippen molar-refractivity contribution in [3.05, 3.63) is 28.0 Å². The summed E-state index contributed by atoms with van der Waals surface area (Å²) in [4.78, 5) is 32.2. The normalized spacial score (nSPS) is 11.8. The van der Waals surface area contributed by atoms with Crippen LogP contribution >= 0.6 is 11.8 Å². The first-order valence-corrected chi connectivity index (χ1v) is 6.62. The number of carboxylic acids is 1. The van der Waals surface area contributed by atoms with Crippen LogP contribution in [0.15, 0.2) is 16.5 Å². The van der Waals surface area contributed by atoms with Crippen molar-refractivity contribution >= 4 is 29.5 Å². The molecule has 0 saturated carbocycles. The van der Waals surface area contributed by atoms with Gasteiger partial charge in [0.1, 0.15) is 11.0 Å². The third kappa shape index (κ3) is 4.28. The molecule has 1 heterocycles. The Kier molecular flexibility index (Phi) is 5.37. The fraction of sp³-hybridized carbons (Fsp3) is 0.400. The Bertz CT molecular complexity index is 486. The second-order valence-corrected chi connectivity index (χ2v) is 4.53. The van der Waals surface area contributed by atoms with Crippen LogP contribution in [0.2, 0.25) is 0 Å². The Morgan fingerprint density at radius 2 is 2.26 bits per heavy atom. The highest BCUT2D eigenvalue weighted by Gasteiger charge is 2.23. The highest BCUT2D eigenvalue weighted by molar-refractivity contribution is 7.98. The standard InChI is InChI=1S/C10H12N2O6S/c1-19-5-4-6(10(14)15)11-9(13)7-2-3-8(18-7)12(16)17/h2-3,6H,4-5H2,1H3,(H,11,13)(H,14,15). The number of aliphatic carboxylic acids is 1. The van der Waals surface area contributed by atoms with E-state index >= 15 is 0 Å². The number of carboxylic acid groups (broad SMARTS) is 1. The Hall–Kier alpha value is -2.03. The molecule has 0 radical (unpaired) electrons. The first-order chi connectivity index (χ1) is 8.95. The van der Waals surface area contributed by atoms with E-state index in [2.05, 4.69) is 9.73 Å². The van der Waals surface area contributed by atoms with Gasteiger partial charge in [0.15, 0.2) is 5.76 Å². The Labute approximate surface area is 112 Å². The van der Waals surface area contributed by atoms with Crippen molar-refractivity contribution in [1.29, 1.82) is 0 Å². The van der Waals surface area contributed by atoms with E-state index in [1.165, 1.54) is 11.8 Å². The quantitative estimate of drug-likeness (QED) is 0.569. The van der Waals surface area contributed by atoms with Crippen LogP contribution in [0, 0.1) is 10.1 Å². The molecule has 0 bridgehead atoms. The van der Waals surface area contributed by atoms with Crippen LogP contribution in [0.1, 0.15) is 17.0 Å². The number of amides is 1. The molecule has 1 aromatic heterocycles. The minimum absolute atomic E-state index is 0.255. The van der Waals surface area contributed by atoms with E-state index < -0.39 is 28.7 Å². The van der Waals surface area contributed by atoms with Crippen LogP contribution in [-0.4, -0.2) is 40.0 Å². The number of hydrogen-bond donors (Lipinski definition) is 2. The Morgan fingerprint density at radius 3 is 2.74 bits per heavy atom. The van der Waals surface area contributed by atoms with Gasteiger partial charge in [-0.25, -0.2) is 4.79 Å². The first kappa shape index (κ1) is 15.0. The molecule has 1 rings (SSSR count). The van der Waals surface area contributed by atoms with Crippen molar-refractivity contribution in [2.45, 2.75) is 12.5 Å². The largest absolute Gasteiger partial charge is 0.480 e. The SMILES string of the molecule is CSCCC(NC(=O)c1ccc([N+](=O)[O-])o1)C(=O)O. The van der Waals surface area contributed by atoms with Crippen LogP contribution in [0.4, 0.5) is 5.88 Å². The number of carbonyl (C=O) groups excluding carboxylic acids is 1. The molecule has 1 amide bonds. The first-order valence-electron chi connectivity index (χ1n) is 5.22. The molecule has 104 valence electrons. The molecule has 8 nitrogen and oxygen atoms in total. The molecule has 1 atom stereocenters. The van der Waals surface area contributed by atoms with E-state index in [9.17, 15) is 19.7 Å². The predicted octanol–water partition coefficient (Wildman–Crippen LogP) is 1.12. The molecular weight excluding hydrogens is 276 g/mol. The van der Waals surface area contributed by atoms with Crippen LogP contribution in [0.25, 0.3) is 0 Å². The summed E-state index contributed by atoms with van der Waals surface area (Å²) in [5.74, 6) is -2.25. The lowest BCUT2D eigenvalue weighted by molar-refractivity contribution is -0.402. The smallest absolute Gasteiger partial charge is 0.433 e. The van der Waals surface area contributed by atoms with Crippen LogP contribution in [0.5, 0.6) is 0 Å². The highest BCUT2D eigenvalue weighted by Crippen LogP contribution is 2.15. The van der Waals surface area contributed by atoms with Gasteiger partial charge in [0.05, 0.1) is 6.07 Å². The molecule has 0 aliphatic rings.